The summed E-state index contributed by atoms with van der Waals surface area (Å²) in [5, 5.41) is 16.5. The Labute approximate surface area is 382 Å². The van der Waals surface area contributed by atoms with Gasteiger partial charge >= 0.3 is 12.2 Å². The Hall–Kier alpha value is -7.77. The molecule has 4 atom stereocenters. The molecule has 348 valence electrons. The Morgan fingerprint density at radius 3 is 1.42 bits per heavy atom. The molecule has 2 N–H and O–H groups in total. The van der Waals surface area contributed by atoms with Crippen molar-refractivity contribution in [3.63, 3.8) is 0 Å². The predicted octanol–water partition coefficient (Wildman–Crippen LogP) is 5.52. The van der Waals surface area contributed by atoms with E-state index in [2.05, 4.69) is 26.1 Å². The molecule has 3 aromatic heterocycles. The van der Waals surface area contributed by atoms with Crippen LogP contribution < -0.4 is 20.4 Å². The van der Waals surface area contributed by atoms with Crippen LogP contribution in [0.3, 0.4) is 0 Å². The van der Waals surface area contributed by atoms with Gasteiger partial charge in [0.05, 0.1) is 38.0 Å². The van der Waals surface area contributed by atoms with Gasteiger partial charge in [0.2, 0.25) is 5.91 Å². The van der Waals surface area contributed by atoms with Crippen LogP contribution in [0.1, 0.15) is 113 Å². The van der Waals surface area contributed by atoms with Crippen molar-refractivity contribution in [1.82, 2.24) is 26.1 Å². The lowest BCUT2D eigenvalue weighted by Gasteiger charge is -2.16. The summed E-state index contributed by atoms with van der Waals surface area (Å²) in [7, 11) is 0. The molecule has 2 aliphatic carbocycles. The molecule has 5 heterocycles. The van der Waals surface area contributed by atoms with Crippen molar-refractivity contribution in [1.29, 1.82) is 0 Å². The largest absolute Gasteiger partial charge is 0.442 e. The fraction of sp³-hybridized carbons (Fsp3) is 0.383. The second kappa shape index (κ2) is 19.4. The number of anilines is 2. The molecule has 4 amide bonds. The third-order valence-corrected chi connectivity index (χ3v) is 11.9. The molecule has 0 bridgehead atoms. The highest BCUT2D eigenvalue weighted by Gasteiger charge is 2.38. The maximum atomic E-state index is 13.2. The summed E-state index contributed by atoms with van der Waals surface area (Å²) in [4.78, 5) is 103. The van der Waals surface area contributed by atoms with Crippen molar-refractivity contribution in [2.45, 2.75) is 78.4 Å². The number of benzene rings is 2. The standard InChI is InChI=1S/C25H24N4O7.C22H23N3O6/c1-13-8-20(27-35-13)23(31)19-5-3-4-15-10-16(6-7-18(15)22(19)30)29-12-17(34-25(29)33)11-26-24(32)21-9-14(2)36-28-21;1-12-8-19(24-31-12)21(28)18-5-3-4-14-9-15(6-7-17(14)20(18)27)25-11-16(30-22(25)29)10-23-13(2)26/h6-10,17,19H,3-5,11-12H2,1-2H3,(H,26,32);6-9,16,18H,3-5,10-11H2,1-2H3,(H,23,26)/t17-,19?;16-,18?/m00/s1. The number of hydrogen-bond donors (Lipinski definition) is 2. The van der Waals surface area contributed by atoms with E-state index in [1.54, 1.807) is 57.2 Å². The van der Waals surface area contributed by atoms with Gasteiger partial charge in [0.25, 0.3) is 5.91 Å². The van der Waals surface area contributed by atoms with Gasteiger partial charge in [0, 0.05) is 47.6 Å². The number of amides is 4. The van der Waals surface area contributed by atoms with E-state index in [1.165, 1.54) is 28.9 Å². The molecule has 0 saturated carbocycles. The van der Waals surface area contributed by atoms with Crippen molar-refractivity contribution < 1.29 is 61.4 Å². The summed E-state index contributed by atoms with van der Waals surface area (Å²) in [6.45, 7) is 7.36. The molecule has 67 heavy (non-hydrogen) atoms. The molecule has 4 aliphatic rings. The van der Waals surface area contributed by atoms with Gasteiger partial charge in [0.15, 0.2) is 40.2 Å². The molecule has 2 fully saturated rings. The van der Waals surface area contributed by atoms with E-state index in [4.69, 9.17) is 23.0 Å². The van der Waals surface area contributed by atoms with Crippen LogP contribution in [0, 0.1) is 32.6 Å². The van der Waals surface area contributed by atoms with E-state index in [0.717, 1.165) is 11.1 Å². The van der Waals surface area contributed by atoms with Gasteiger partial charge in [-0.2, -0.15) is 0 Å². The zero-order valence-electron chi connectivity index (χ0n) is 37.1. The third kappa shape index (κ3) is 10.1. The first-order chi connectivity index (χ1) is 32.1. The Balaban J connectivity index is 0.000000184. The summed E-state index contributed by atoms with van der Waals surface area (Å²) >= 11 is 0. The van der Waals surface area contributed by atoms with Gasteiger partial charge < -0.3 is 33.7 Å². The number of ketones is 4. The molecule has 0 radical (unpaired) electrons. The fourth-order valence-electron chi connectivity index (χ4n) is 8.55. The number of ether oxygens (including phenoxy) is 2. The minimum atomic E-state index is -0.820. The predicted molar refractivity (Wildman–Crippen MR) is 233 cm³/mol. The quantitative estimate of drug-likeness (QED) is 0.0939. The lowest BCUT2D eigenvalue weighted by atomic mass is 9.90. The molecule has 20 nitrogen and oxygen atoms in total. The van der Waals surface area contributed by atoms with E-state index in [-0.39, 0.29) is 65.8 Å². The Morgan fingerprint density at radius 1 is 0.597 bits per heavy atom. The van der Waals surface area contributed by atoms with Crippen LogP contribution in [-0.4, -0.2) is 101 Å². The van der Waals surface area contributed by atoms with Gasteiger partial charge in [-0.05, 0) is 107 Å². The molecule has 0 spiro atoms. The topological polar surface area (TPSA) is 264 Å². The van der Waals surface area contributed by atoms with Crippen LogP contribution in [0.5, 0.6) is 0 Å². The van der Waals surface area contributed by atoms with Crippen molar-refractivity contribution in [3.8, 4) is 0 Å². The second-order valence-electron chi connectivity index (χ2n) is 16.9. The Morgan fingerprint density at radius 2 is 1.01 bits per heavy atom. The number of carbonyl (C=O) groups is 8. The summed E-state index contributed by atoms with van der Waals surface area (Å²) in [6, 6.07) is 14.9. The highest BCUT2D eigenvalue weighted by atomic mass is 16.6. The maximum Gasteiger partial charge on any atom is 0.414 e. The van der Waals surface area contributed by atoms with Crippen LogP contribution in [0.4, 0.5) is 21.0 Å². The minimum absolute atomic E-state index is 0.113. The monoisotopic (exact) mass is 917 g/mol. The number of rotatable bonds is 11. The fourth-order valence-corrected chi connectivity index (χ4v) is 8.55. The van der Waals surface area contributed by atoms with Crippen LogP contribution in [0.25, 0.3) is 0 Å². The number of nitrogens with one attached hydrogen (secondary N) is 2. The summed E-state index contributed by atoms with van der Waals surface area (Å²) in [6.07, 6.45) is 1.31. The highest BCUT2D eigenvalue weighted by molar-refractivity contribution is 6.17. The molecular weight excluding hydrogens is 871 g/mol. The maximum absolute atomic E-state index is 13.2. The molecular formula is C47H47N7O13. The third-order valence-electron chi connectivity index (χ3n) is 11.9. The van der Waals surface area contributed by atoms with E-state index in [1.807, 2.05) is 6.07 Å². The number of carbonyl (C=O) groups excluding carboxylic acids is 8. The number of hydrogen-bond acceptors (Lipinski definition) is 16. The Bertz CT molecular complexity index is 2790. The number of Topliss-reactive ketones (excluding diaryl/α,β-unsaturated/α-hetero) is 4. The van der Waals surface area contributed by atoms with Gasteiger partial charge in [-0.15, -0.1) is 0 Å². The molecule has 2 aromatic carbocycles. The van der Waals surface area contributed by atoms with E-state index in [0.29, 0.717) is 84.9 Å². The van der Waals surface area contributed by atoms with Gasteiger partial charge in [-0.1, -0.05) is 15.5 Å². The van der Waals surface area contributed by atoms with Crippen LogP contribution in [-0.2, 0) is 27.1 Å². The van der Waals surface area contributed by atoms with Gasteiger partial charge in [-0.25, -0.2) is 9.59 Å². The number of nitrogens with zero attached hydrogens (tertiary/aromatic N) is 5. The van der Waals surface area contributed by atoms with Crippen molar-refractivity contribution in [2.24, 2.45) is 11.8 Å². The highest BCUT2D eigenvalue weighted by Crippen LogP contribution is 2.33. The first-order valence-corrected chi connectivity index (χ1v) is 21.8. The average Bonchev–Trinajstić information content (AvgIpc) is 4.15. The molecule has 9 rings (SSSR count). The zero-order chi connectivity index (χ0) is 47.5. The van der Waals surface area contributed by atoms with E-state index < -0.39 is 42.1 Å². The van der Waals surface area contributed by atoms with Gasteiger partial charge in [-0.3, -0.25) is 38.6 Å². The van der Waals surface area contributed by atoms with Crippen molar-refractivity contribution in [2.75, 3.05) is 36.0 Å². The van der Waals surface area contributed by atoms with Crippen LogP contribution in [0.2, 0.25) is 0 Å². The Kier molecular flexibility index (Phi) is 13.2. The first kappa shape index (κ1) is 45.8. The number of fused-ring (bicyclic) bond motifs is 2. The van der Waals surface area contributed by atoms with Crippen molar-refractivity contribution >= 4 is 58.5 Å². The molecule has 20 heteroatoms. The van der Waals surface area contributed by atoms with Crippen LogP contribution >= 0.6 is 0 Å². The molecule has 5 aromatic rings. The number of aromatic nitrogens is 3. The summed E-state index contributed by atoms with van der Waals surface area (Å²) in [5.74, 6) is -1.86. The van der Waals surface area contributed by atoms with Crippen LogP contribution in [0.15, 0.2) is 68.2 Å². The molecule has 2 saturated heterocycles. The number of aryl methyl sites for hydroxylation is 5. The average molecular weight is 918 g/mol. The van der Waals surface area contributed by atoms with E-state index in [9.17, 15) is 38.4 Å². The normalized spacial score (nSPS) is 20.1. The molecule has 2 unspecified atom stereocenters. The van der Waals surface area contributed by atoms with Crippen molar-refractivity contribution in [3.05, 3.63) is 111 Å². The lowest BCUT2D eigenvalue weighted by molar-refractivity contribution is -0.119. The summed E-state index contributed by atoms with van der Waals surface area (Å²) in [5.41, 5.74) is 4.21. The lowest BCUT2D eigenvalue weighted by Crippen LogP contribution is -2.34. The number of cyclic esters (lactones) is 2. The zero-order valence-corrected chi connectivity index (χ0v) is 37.1. The first-order valence-electron chi connectivity index (χ1n) is 21.8. The summed E-state index contributed by atoms with van der Waals surface area (Å²) < 4.78 is 25.6. The van der Waals surface area contributed by atoms with Gasteiger partial charge in [0.1, 0.15) is 29.5 Å². The SMILES string of the molecule is CC(=O)NC[C@H]1CN(c2ccc3c(c2)CCCC(C(=O)c2cc(C)on2)C3=O)C(=O)O1.Cc1cc(C(=O)NC[C@H]2CN(c3ccc4c(c3)CCCC(C(=O)c3cc(C)on3)C4=O)C(=O)O2)no1. The smallest absolute Gasteiger partial charge is 0.414 e. The van der Waals surface area contributed by atoms with E-state index >= 15 is 0 Å². The molecule has 2 aliphatic heterocycles. The minimum Gasteiger partial charge on any atom is -0.442 e. The second-order valence-corrected chi connectivity index (χ2v) is 16.9.